The number of rotatable bonds is 6. The fourth-order valence-corrected chi connectivity index (χ4v) is 2.32. The quantitative estimate of drug-likeness (QED) is 0.539. The smallest absolute Gasteiger partial charge is 0.216 e. The number of hydrogen-bond donors (Lipinski definition) is 1. The van der Waals surface area contributed by atoms with Gasteiger partial charge in [-0.25, -0.2) is 10.1 Å². The summed E-state index contributed by atoms with van der Waals surface area (Å²) in [6.45, 7) is 2.49. The molecule has 0 aliphatic carbocycles. The lowest BCUT2D eigenvalue weighted by atomic mass is 10.2. The Labute approximate surface area is 149 Å². The highest BCUT2D eigenvalue weighted by atomic mass is 32.1. The Hall–Kier alpha value is -3.07. The molecule has 0 radical (unpaired) electrons. The first-order valence-corrected chi connectivity index (χ1v) is 7.92. The molecule has 0 aliphatic heterocycles. The molecule has 0 atom stereocenters. The zero-order valence-corrected chi connectivity index (χ0v) is 14.5. The van der Waals surface area contributed by atoms with E-state index in [1.807, 2.05) is 25.1 Å². The number of ether oxygens (including phenoxy) is 2. The lowest BCUT2D eigenvalue weighted by Gasteiger charge is -2.09. The predicted molar refractivity (Wildman–Crippen MR) is 95.6 cm³/mol. The highest BCUT2D eigenvalue weighted by molar-refractivity contribution is 7.71. The molecular weight excluding hydrogens is 340 g/mol. The third kappa shape index (κ3) is 3.72. The fourth-order valence-electron chi connectivity index (χ4n) is 2.14. The van der Waals surface area contributed by atoms with Crippen molar-refractivity contribution >= 4 is 18.4 Å². The summed E-state index contributed by atoms with van der Waals surface area (Å²) in [6.07, 6.45) is 6.42. The summed E-state index contributed by atoms with van der Waals surface area (Å²) < 4.78 is 12.7. The van der Waals surface area contributed by atoms with Crippen LogP contribution in [0.4, 0.5) is 0 Å². The number of aromatic nitrogens is 5. The number of hydrogen-bond acceptors (Lipinski definition) is 7. The molecule has 0 bridgehead atoms. The number of nitrogens with one attached hydrogen (secondary N) is 1. The van der Waals surface area contributed by atoms with Gasteiger partial charge in [0.2, 0.25) is 10.6 Å². The summed E-state index contributed by atoms with van der Waals surface area (Å²) in [4.78, 5) is 8.25. The van der Waals surface area contributed by atoms with Crippen molar-refractivity contribution in [2.24, 2.45) is 5.10 Å². The second-order valence-corrected chi connectivity index (χ2v) is 5.23. The molecule has 1 aromatic carbocycles. The summed E-state index contributed by atoms with van der Waals surface area (Å²) in [5, 5.41) is 11.3. The molecule has 2 aromatic heterocycles. The van der Waals surface area contributed by atoms with Crippen LogP contribution in [0.3, 0.4) is 0 Å². The minimum atomic E-state index is 0.356. The van der Waals surface area contributed by atoms with Gasteiger partial charge < -0.3 is 9.47 Å². The molecule has 0 saturated carbocycles. The summed E-state index contributed by atoms with van der Waals surface area (Å²) in [5.74, 6) is 1.80. The first-order valence-electron chi connectivity index (χ1n) is 7.52. The maximum absolute atomic E-state index is 5.51. The average Bonchev–Trinajstić information content (AvgIpc) is 3.02. The van der Waals surface area contributed by atoms with Gasteiger partial charge in [0.1, 0.15) is 5.69 Å². The van der Waals surface area contributed by atoms with E-state index < -0.39 is 0 Å². The molecule has 1 N–H and O–H groups in total. The minimum Gasteiger partial charge on any atom is -0.493 e. The van der Waals surface area contributed by atoms with E-state index in [4.69, 9.17) is 21.7 Å². The normalized spacial score (nSPS) is 11.0. The second-order valence-electron chi connectivity index (χ2n) is 4.84. The van der Waals surface area contributed by atoms with Gasteiger partial charge in [-0.2, -0.15) is 14.9 Å². The molecule has 0 fully saturated rings. The van der Waals surface area contributed by atoms with Crippen molar-refractivity contribution in [2.45, 2.75) is 6.92 Å². The van der Waals surface area contributed by atoms with E-state index in [0.717, 1.165) is 5.56 Å². The standard InChI is InChI=1S/C16H16N6O2S/c1-3-24-13-5-4-11(8-14(13)23-2)9-19-22-15(20-21-16(22)25)12-10-17-6-7-18-12/h4-10H,3H2,1-2H3,(H,21,25)/b19-9+. The van der Waals surface area contributed by atoms with Gasteiger partial charge >= 0.3 is 0 Å². The predicted octanol–water partition coefficient (Wildman–Crippen LogP) is 2.69. The topological polar surface area (TPSA) is 90.2 Å². The Balaban J connectivity index is 1.93. The van der Waals surface area contributed by atoms with Crippen LogP contribution in [0.1, 0.15) is 12.5 Å². The van der Waals surface area contributed by atoms with Crippen LogP contribution in [0.5, 0.6) is 11.5 Å². The van der Waals surface area contributed by atoms with Gasteiger partial charge in [0.25, 0.3) is 0 Å². The maximum Gasteiger partial charge on any atom is 0.216 e. The lowest BCUT2D eigenvalue weighted by Crippen LogP contribution is -1.98. The number of aromatic amines is 1. The molecule has 25 heavy (non-hydrogen) atoms. The van der Waals surface area contributed by atoms with E-state index in [1.165, 1.54) is 4.68 Å². The van der Waals surface area contributed by atoms with Crippen molar-refractivity contribution in [3.05, 3.63) is 47.1 Å². The second kappa shape index (κ2) is 7.67. The summed E-state index contributed by atoms with van der Waals surface area (Å²) in [6, 6.07) is 5.55. The molecule has 0 aliphatic rings. The zero-order chi connectivity index (χ0) is 17.6. The molecule has 0 unspecified atom stereocenters. The molecule has 0 amide bonds. The van der Waals surface area contributed by atoms with Crippen LogP contribution in [0, 0.1) is 4.77 Å². The fraction of sp³-hybridized carbons (Fsp3) is 0.188. The Morgan fingerprint density at radius 1 is 1.32 bits per heavy atom. The highest BCUT2D eigenvalue weighted by Gasteiger charge is 2.09. The molecule has 8 nitrogen and oxygen atoms in total. The van der Waals surface area contributed by atoms with Crippen LogP contribution in [0.25, 0.3) is 11.5 Å². The van der Waals surface area contributed by atoms with Crippen LogP contribution < -0.4 is 9.47 Å². The number of methoxy groups -OCH3 is 1. The van der Waals surface area contributed by atoms with Crippen LogP contribution >= 0.6 is 12.2 Å². The maximum atomic E-state index is 5.51. The molecule has 2 heterocycles. The number of H-pyrrole nitrogens is 1. The monoisotopic (exact) mass is 356 g/mol. The largest absolute Gasteiger partial charge is 0.493 e. The molecule has 3 rings (SSSR count). The SMILES string of the molecule is CCOc1ccc(/C=N/n2c(-c3cnccn3)n[nH]c2=S)cc1OC. The van der Waals surface area contributed by atoms with Crippen molar-refractivity contribution in [3.63, 3.8) is 0 Å². The first-order chi connectivity index (χ1) is 12.2. The number of nitrogens with zero attached hydrogens (tertiary/aromatic N) is 5. The van der Waals surface area contributed by atoms with E-state index >= 15 is 0 Å². The van der Waals surface area contributed by atoms with Gasteiger partial charge in [-0.05, 0) is 42.9 Å². The van der Waals surface area contributed by atoms with E-state index in [1.54, 1.807) is 31.9 Å². The summed E-state index contributed by atoms with van der Waals surface area (Å²) >= 11 is 5.23. The van der Waals surface area contributed by atoms with Crippen molar-refractivity contribution < 1.29 is 9.47 Å². The Morgan fingerprint density at radius 2 is 2.20 bits per heavy atom. The van der Waals surface area contributed by atoms with Gasteiger partial charge in [0.15, 0.2) is 11.5 Å². The van der Waals surface area contributed by atoms with E-state index in [2.05, 4.69) is 25.3 Å². The van der Waals surface area contributed by atoms with Crippen molar-refractivity contribution in [1.82, 2.24) is 24.8 Å². The molecule has 128 valence electrons. The Morgan fingerprint density at radius 3 is 2.92 bits per heavy atom. The third-order valence-electron chi connectivity index (χ3n) is 3.25. The van der Waals surface area contributed by atoms with Crippen LogP contribution in [0.2, 0.25) is 0 Å². The molecule has 0 spiro atoms. The van der Waals surface area contributed by atoms with Gasteiger partial charge in [-0.15, -0.1) is 0 Å². The third-order valence-corrected chi connectivity index (χ3v) is 3.52. The van der Waals surface area contributed by atoms with Crippen LogP contribution in [0.15, 0.2) is 41.9 Å². The molecule has 9 heteroatoms. The summed E-state index contributed by atoms with van der Waals surface area (Å²) in [5.41, 5.74) is 1.39. The molecule has 3 aromatic rings. The average molecular weight is 356 g/mol. The van der Waals surface area contributed by atoms with Gasteiger partial charge in [-0.3, -0.25) is 4.98 Å². The zero-order valence-electron chi connectivity index (χ0n) is 13.7. The van der Waals surface area contributed by atoms with Gasteiger partial charge in [0, 0.05) is 12.4 Å². The van der Waals surface area contributed by atoms with Crippen LogP contribution in [-0.2, 0) is 0 Å². The summed E-state index contributed by atoms with van der Waals surface area (Å²) in [7, 11) is 1.59. The minimum absolute atomic E-state index is 0.356. The Bertz CT molecular complexity index is 935. The Kier molecular flexibility index (Phi) is 5.14. The van der Waals surface area contributed by atoms with Gasteiger partial charge in [0.05, 0.1) is 26.1 Å². The van der Waals surface area contributed by atoms with Gasteiger partial charge in [-0.1, -0.05) is 0 Å². The first kappa shape index (κ1) is 16.8. The highest BCUT2D eigenvalue weighted by Crippen LogP contribution is 2.27. The van der Waals surface area contributed by atoms with Crippen LogP contribution in [-0.4, -0.2) is 44.8 Å². The van der Waals surface area contributed by atoms with Crippen molar-refractivity contribution in [1.29, 1.82) is 0 Å². The van der Waals surface area contributed by atoms with E-state index in [9.17, 15) is 0 Å². The number of benzene rings is 1. The molecule has 0 saturated heterocycles. The van der Waals surface area contributed by atoms with Crippen molar-refractivity contribution in [3.8, 4) is 23.0 Å². The lowest BCUT2D eigenvalue weighted by molar-refractivity contribution is 0.311. The van der Waals surface area contributed by atoms with Crippen molar-refractivity contribution in [2.75, 3.05) is 13.7 Å². The van der Waals surface area contributed by atoms with E-state index in [-0.39, 0.29) is 0 Å². The molecular formula is C16H16N6O2S. The van der Waals surface area contributed by atoms with E-state index in [0.29, 0.717) is 34.4 Å².